The van der Waals surface area contributed by atoms with Gasteiger partial charge in [0.05, 0.1) is 0 Å². The summed E-state index contributed by atoms with van der Waals surface area (Å²) in [6.07, 6.45) is 5.23. The molecule has 94 valence electrons. The standard InChI is InChI=1S/C15H12N2O2/c18-11-5-7-12-6-1-2-8-13(12)15(19)17-14-9-3-4-10-16-14/h1-11H,(H,16,17,19)/b7-5+. The fourth-order valence-corrected chi connectivity index (χ4v) is 1.61. The Hall–Kier alpha value is -2.75. The van der Waals surface area contributed by atoms with Crippen LogP contribution in [-0.4, -0.2) is 17.2 Å². The summed E-state index contributed by atoms with van der Waals surface area (Å²) >= 11 is 0. The first-order valence-corrected chi connectivity index (χ1v) is 5.74. The lowest BCUT2D eigenvalue weighted by Gasteiger charge is -2.06. The van der Waals surface area contributed by atoms with Crippen LogP contribution in [0, 0.1) is 0 Å². The van der Waals surface area contributed by atoms with Crippen molar-refractivity contribution in [2.24, 2.45) is 0 Å². The van der Waals surface area contributed by atoms with Crippen molar-refractivity contribution >= 4 is 24.1 Å². The molecule has 0 spiro atoms. The van der Waals surface area contributed by atoms with Gasteiger partial charge in [-0.15, -0.1) is 0 Å². The van der Waals surface area contributed by atoms with Gasteiger partial charge in [-0.05, 0) is 29.8 Å². The highest BCUT2D eigenvalue weighted by molar-refractivity contribution is 6.06. The Morgan fingerprint density at radius 1 is 1.11 bits per heavy atom. The molecule has 4 heteroatoms. The summed E-state index contributed by atoms with van der Waals surface area (Å²) in [5.41, 5.74) is 1.18. The number of hydrogen-bond donors (Lipinski definition) is 1. The van der Waals surface area contributed by atoms with Crippen LogP contribution < -0.4 is 5.32 Å². The molecule has 2 rings (SSSR count). The smallest absolute Gasteiger partial charge is 0.257 e. The molecule has 1 aromatic carbocycles. The third-order valence-electron chi connectivity index (χ3n) is 2.47. The van der Waals surface area contributed by atoms with E-state index in [-0.39, 0.29) is 5.91 Å². The summed E-state index contributed by atoms with van der Waals surface area (Å²) in [4.78, 5) is 26.5. The molecule has 0 atom stereocenters. The highest BCUT2D eigenvalue weighted by Crippen LogP contribution is 2.12. The maximum absolute atomic E-state index is 12.1. The van der Waals surface area contributed by atoms with Crippen LogP contribution in [0.2, 0.25) is 0 Å². The molecule has 1 N–H and O–H groups in total. The van der Waals surface area contributed by atoms with Crippen molar-refractivity contribution in [3.63, 3.8) is 0 Å². The molecule has 0 bridgehead atoms. The number of aldehydes is 1. The largest absolute Gasteiger partial charge is 0.307 e. The van der Waals surface area contributed by atoms with Gasteiger partial charge in [-0.2, -0.15) is 0 Å². The number of hydrogen-bond acceptors (Lipinski definition) is 3. The molecule has 0 aliphatic carbocycles. The van der Waals surface area contributed by atoms with Crippen molar-refractivity contribution in [2.75, 3.05) is 5.32 Å². The van der Waals surface area contributed by atoms with Crippen molar-refractivity contribution in [1.29, 1.82) is 0 Å². The van der Waals surface area contributed by atoms with Gasteiger partial charge in [-0.25, -0.2) is 4.98 Å². The number of nitrogens with one attached hydrogen (secondary N) is 1. The van der Waals surface area contributed by atoms with E-state index in [0.717, 1.165) is 0 Å². The quantitative estimate of drug-likeness (QED) is 0.672. The Kier molecular flexibility index (Phi) is 4.18. The Morgan fingerprint density at radius 2 is 1.89 bits per heavy atom. The van der Waals surface area contributed by atoms with E-state index < -0.39 is 0 Å². The Bertz CT molecular complexity index is 607. The highest BCUT2D eigenvalue weighted by Gasteiger charge is 2.09. The number of amides is 1. The molecule has 1 heterocycles. The van der Waals surface area contributed by atoms with E-state index in [1.54, 1.807) is 48.7 Å². The lowest BCUT2D eigenvalue weighted by Crippen LogP contribution is -2.14. The number of benzene rings is 1. The minimum atomic E-state index is -0.259. The Morgan fingerprint density at radius 3 is 2.63 bits per heavy atom. The monoisotopic (exact) mass is 252 g/mol. The number of carbonyl (C=O) groups excluding carboxylic acids is 2. The summed E-state index contributed by atoms with van der Waals surface area (Å²) in [5, 5.41) is 2.70. The first-order valence-electron chi connectivity index (χ1n) is 5.74. The average molecular weight is 252 g/mol. The maximum atomic E-state index is 12.1. The molecule has 0 fully saturated rings. The predicted octanol–water partition coefficient (Wildman–Crippen LogP) is 2.55. The second-order valence-electron chi connectivity index (χ2n) is 3.75. The van der Waals surface area contributed by atoms with E-state index in [4.69, 9.17) is 0 Å². The second-order valence-corrected chi connectivity index (χ2v) is 3.75. The first kappa shape index (κ1) is 12.7. The summed E-state index contributed by atoms with van der Waals surface area (Å²) in [6, 6.07) is 12.3. The zero-order valence-electron chi connectivity index (χ0n) is 10.1. The van der Waals surface area contributed by atoms with E-state index in [1.807, 2.05) is 6.07 Å². The van der Waals surface area contributed by atoms with Gasteiger partial charge < -0.3 is 5.32 Å². The van der Waals surface area contributed by atoms with Gasteiger partial charge >= 0.3 is 0 Å². The minimum absolute atomic E-state index is 0.259. The highest BCUT2D eigenvalue weighted by atomic mass is 16.1. The zero-order chi connectivity index (χ0) is 13.5. The molecule has 0 saturated carbocycles. The summed E-state index contributed by atoms with van der Waals surface area (Å²) < 4.78 is 0. The zero-order valence-corrected chi connectivity index (χ0v) is 10.1. The van der Waals surface area contributed by atoms with Crippen LogP contribution >= 0.6 is 0 Å². The number of nitrogens with zero attached hydrogens (tertiary/aromatic N) is 1. The van der Waals surface area contributed by atoms with Gasteiger partial charge in [0.2, 0.25) is 0 Å². The van der Waals surface area contributed by atoms with Crippen LogP contribution in [-0.2, 0) is 4.79 Å². The maximum Gasteiger partial charge on any atom is 0.257 e. The van der Waals surface area contributed by atoms with Crippen LogP contribution in [0.5, 0.6) is 0 Å². The third kappa shape index (κ3) is 3.35. The van der Waals surface area contributed by atoms with E-state index in [1.165, 1.54) is 6.08 Å². The first-order chi connectivity index (χ1) is 9.31. The van der Waals surface area contributed by atoms with Crippen LogP contribution in [0.15, 0.2) is 54.7 Å². The molecule has 0 saturated heterocycles. The van der Waals surface area contributed by atoms with Crippen molar-refractivity contribution in [3.05, 3.63) is 65.9 Å². The topological polar surface area (TPSA) is 59.1 Å². The van der Waals surface area contributed by atoms with Gasteiger partial charge in [-0.1, -0.05) is 30.3 Å². The predicted molar refractivity (Wildman–Crippen MR) is 73.7 cm³/mol. The lowest BCUT2D eigenvalue weighted by molar-refractivity contribution is -0.104. The fourth-order valence-electron chi connectivity index (χ4n) is 1.61. The van der Waals surface area contributed by atoms with Gasteiger partial charge in [0.1, 0.15) is 12.1 Å². The molecule has 0 aliphatic heterocycles. The van der Waals surface area contributed by atoms with Gasteiger partial charge in [0.25, 0.3) is 5.91 Å². The number of anilines is 1. The fraction of sp³-hybridized carbons (Fsp3) is 0. The molecular weight excluding hydrogens is 240 g/mol. The van der Waals surface area contributed by atoms with Crippen molar-refractivity contribution in [3.8, 4) is 0 Å². The van der Waals surface area contributed by atoms with Gasteiger partial charge in [0.15, 0.2) is 0 Å². The normalized spacial score (nSPS) is 10.3. The van der Waals surface area contributed by atoms with E-state index in [0.29, 0.717) is 23.2 Å². The second kappa shape index (κ2) is 6.26. The number of rotatable bonds is 4. The van der Waals surface area contributed by atoms with E-state index >= 15 is 0 Å². The molecule has 4 nitrogen and oxygen atoms in total. The molecule has 1 amide bonds. The van der Waals surface area contributed by atoms with Gasteiger partial charge in [-0.3, -0.25) is 9.59 Å². The van der Waals surface area contributed by atoms with Crippen LogP contribution in [0.4, 0.5) is 5.82 Å². The molecular formula is C15H12N2O2. The summed E-state index contributed by atoms with van der Waals surface area (Å²) in [5.74, 6) is 0.228. The summed E-state index contributed by atoms with van der Waals surface area (Å²) in [7, 11) is 0. The van der Waals surface area contributed by atoms with Gasteiger partial charge in [0, 0.05) is 11.8 Å². The minimum Gasteiger partial charge on any atom is -0.307 e. The van der Waals surface area contributed by atoms with Crippen LogP contribution in [0.3, 0.4) is 0 Å². The van der Waals surface area contributed by atoms with Crippen molar-refractivity contribution < 1.29 is 9.59 Å². The lowest BCUT2D eigenvalue weighted by atomic mass is 10.1. The van der Waals surface area contributed by atoms with E-state index in [2.05, 4.69) is 10.3 Å². The van der Waals surface area contributed by atoms with Crippen molar-refractivity contribution in [2.45, 2.75) is 0 Å². The summed E-state index contributed by atoms with van der Waals surface area (Å²) in [6.45, 7) is 0. The van der Waals surface area contributed by atoms with Crippen LogP contribution in [0.25, 0.3) is 6.08 Å². The van der Waals surface area contributed by atoms with E-state index in [9.17, 15) is 9.59 Å². The molecule has 19 heavy (non-hydrogen) atoms. The molecule has 2 aromatic rings. The number of allylic oxidation sites excluding steroid dienone is 1. The van der Waals surface area contributed by atoms with Crippen LogP contribution in [0.1, 0.15) is 15.9 Å². The molecule has 0 aliphatic rings. The number of pyridine rings is 1. The molecule has 1 aromatic heterocycles. The Balaban J connectivity index is 2.24. The molecule has 0 radical (unpaired) electrons. The SMILES string of the molecule is O=C/C=C/c1ccccc1C(=O)Nc1ccccn1. The molecule has 0 unspecified atom stereocenters. The number of aromatic nitrogens is 1. The Labute approximate surface area is 110 Å². The number of carbonyl (C=O) groups is 2. The van der Waals surface area contributed by atoms with Crippen molar-refractivity contribution in [1.82, 2.24) is 4.98 Å². The average Bonchev–Trinajstić information content (AvgIpc) is 2.46. The third-order valence-corrected chi connectivity index (χ3v) is 2.47.